The Balaban J connectivity index is 1.11. The summed E-state index contributed by atoms with van der Waals surface area (Å²) in [5, 5.41) is 9.00. The Hall–Kier alpha value is -9.64. The van der Waals surface area contributed by atoms with Gasteiger partial charge in [-0.15, -0.1) is 0 Å². The number of nitrogens with zero attached hydrogens (tertiary/aromatic N) is 2. The number of anilines is 6. The van der Waals surface area contributed by atoms with Crippen LogP contribution in [0, 0.1) is 27.7 Å². The summed E-state index contributed by atoms with van der Waals surface area (Å²) in [6, 6.07) is 89.4. The first-order valence-corrected chi connectivity index (χ1v) is 26.6. The predicted octanol–water partition coefficient (Wildman–Crippen LogP) is 20.3. The first kappa shape index (κ1) is 44.8. The van der Waals surface area contributed by atoms with Crippen molar-refractivity contribution in [3.8, 4) is 11.1 Å². The molecule has 0 fully saturated rings. The van der Waals surface area contributed by atoms with Gasteiger partial charge in [-0.3, -0.25) is 0 Å². The molecule has 0 N–H and O–H groups in total. The molecule has 366 valence electrons. The molecule has 0 atom stereocenters. The van der Waals surface area contributed by atoms with E-state index in [2.05, 4.69) is 280 Å². The molecule has 77 heavy (non-hydrogen) atoms. The van der Waals surface area contributed by atoms with Gasteiger partial charge in [-0.2, -0.15) is 0 Å². The lowest BCUT2D eigenvalue weighted by atomic mass is 9.67. The lowest BCUT2D eigenvalue weighted by Gasteiger charge is -2.36. The molecule has 0 unspecified atom stereocenters. The van der Waals surface area contributed by atoms with Crippen LogP contribution in [0.4, 0.5) is 34.1 Å². The first-order chi connectivity index (χ1) is 37.8. The molecule has 0 radical (unpaired) electrons. The molecule has 1 aliphatic rings. The lowest BCUT2D eigenvalue weighted by Crippen LogP contribution is -2.29. The van der Waals surface area contributed by atoms with E-state index in [4.69, 9.17) is 8.83 Å². The normalized spacial score (nSPS) is 12.8. The van der Waals surface area contributed by atoms with Crippen LogP contribution in [0.2, 0.25) is 0 Å². The topological polar surface area (TPSA) is 32.8 Å². The van der Waals surface area contributed by atoms with Crippen molar-refractivity contribution in [2.24, 2.45) is 0 Å². The third-order valence-electron chi connectivity index (χ3n) is 16.2. The Morgan fingerprint density at radius 1 is 0.286 bits per heavy atom. The Morgan fingerprint density at radius 2 is 0.623 bits per heavy atom. The largest absolute Gasteiger partial charge is 0.454 e. The molecule has 0 saturated heterocycles. The maximum Gasteiger partial charge on any atom is 0.159 e. The first-order valence-electron chi connectivity index (χ1n) is 26.6. The van der Waals surface area contributed by atoms with Gasteiger partial charge in [-0.05, 0) is 155 Å². The molecule has 1 aliphatic carbocycles. The number of rotatable bonds is 8. The molecule has 0 amide bonds. The Labute approximate surface area is 447 Å². The summed E-state index contributed by atoms with van der Waals surface area (Å²) < 4.78 is 13.9. The summed E-state index contributed by atoms with van der Waals surface area (Å²) in [6.07, 6.45) is 0. The molecule has 15 rings (SSSR count). The molecular weight excluding hydrogens is 937 g/mol. The van der Waals surface area contributed by atoms with Crippen molar-refractivity contribution in [2.45, 2.75) is 33.1 Å². The van der Waals surface area contributed by atoms with Gasteiger partial charge in [0.05, 0.1) is 28.2 Å². The molecule has 4 nitrogen and oxygen atoms in total. The number of hydrogen-bond acceptors (Lipinski definition) is 4. The molecule has 4 heteroatoms. The quantitative estimate of drug-likeness (QED) is 0.152. The van der Waals surface area contributed by atoms with Crippen molar-refractivity contribution in [3.63, 3.8) is 0 Å². The molecule has 0 spiro atoms. The van der Waals surface area contributed by atoms with Crippen molar-refractivity contribution in [1.82, 2.24) is 0 Å². The second-order valence-electron chi connectivity index (χ2n) is 21.1. The fourth-order valence-corrected chi connectivity index (χ4v) is 13.3. The minimum Gasteiger partial charge on any atom is -0.454 e. The number of benzene rings is 12. The van der Waals surface area contributed by atoms with Crippen molar-refractivity contribution < 1.29 is 8.83 Å². The number of para-hydroxylation sites is 4. The maximum atomic E-state index is 6.97. The number of furan rings is 2. The van der Waals surface area contributed by atoms with Crippen molar-refractivity contribution >= 4 is 99.5 Å². The van der Waals surface area contributed by atoms with Gasteiger partial charge in [0.2, 0.25) is 0 Å². The molecule has 0 aliphatic heterocycles. The van der Waals surface area contributed by atoms with Crippen LogP contribution in [0.5, 0.6) is 0 Å². The van der Waals surface area contributed by atoms with E-state index in [0.29, 0.717) is 0 Å². The molecule has 0 bridgehead atoms. The van der Waals surface area contributed by atoms with E-state index in [9.17, 15) is 0 Å². The van der Waals surface area contributed by atoms with Crippen molar-refractivity contribution in [3.05, 3.63) is 287 Å². The van der Waals surface area contributed by atoms with Crippen LogP contribution in [0.25, 0.3) is 76.5 Å². The Bertz CT molecular complexity index is 4360. The third-order valence-corrected chi connectivity index (χ3v) is 16.2. The maximum absolute atomic E-state index is 6.97. The zero-order valence-corrected chi connectivity index (χ0v) is 43.3. The second kappa shape index (κ2) is 17.2. The molecule has 14 aromatic rings. The van der Waals surface area contributed by atoms with Crippen molar-refractivity contribution in [2.75, 3.05) is 9.80 Å². The summed E-state index contributed by atoms with van der Waals surface area (Å²) in [4.78, 5) is 4.94. The Kier molecular flexibility index (Phi) is 10.0. The highest BCUT2D eigenvalue weighted by atomic mass is 16.3. The van der Waals surface area contributed by atoms with E-state index in [1.54, 1.807) is 0 Å². The minimum atomic E-state index is -0.816. The van der Waals surface area contributed by atoms with Crippen LogP contribution in [-0.4, -0.2) is 0 Å². The fourth-order valence-electron chi connectivity index (χ4n) is 13.3. The van der Waals surface area contributed by atoms with Crippen LogP contribution in [0.1, 0.15) is 44.5 Å². The summed E-state index contributed by atoms with van der Waals surface area (Å²) in [7, 11) is 0. The predicted molar refractivity (Wildman–Crippen MR) is 322 cm³/mol. The molecule has 0 saturated carbocycles. The molecular formula is C73H52N2O2. The van der Waals surface area contributed by atoms with E-state index >= 15 is 0 Å². The van der Waals surface area contributed by atoms with Gasteiger partial charge < -0.3 is 18.6 Å². The highest BCUT2D eigenvalue weighted by Gasteiger charge is 2.49. The van der Waals surface area contributed by atoms with Gasteiger partial charge >= 0.3 is 0 Å². The van der Waals surface area contributed by atoms with Crippen LogP contribution in [-0.2, 0) is 5.41 Å². The van der Waals surface area contributed by atoms with Gasteiger partial charge in [0.25, 0.3) is 0 Å². The van der Waals surface area contributed by atoms with Crippen LogP contribution in [0.3, 0.4) is 0 Å². The standard InChI is InChI=1S/C73H52N2O2/c1-45-37-46(2)40-51(39-45)74(63-33-19-31-59-55-27-15-17-35-67(55)76-71(59)63)65-43-61-69(57-29-13-11-25-53(57)65)70-58-30-14-12-26-54(58)66(44-62(70)73(61,49-21-7-5-8-22-49)50-23-9-6-10-24-50)75(52-41-47(3)38-48(4)42-52)64-34-20-32-60-56-28-16-18-36-68(56)77-72(60)64/h5-44H,1-4H3. The highest BCUT2D eigenvalue weighted by molar-refractivity contribution is 6.20. The Morgan fingerprint density at radius 3 is 1.03 bits per heavy atom. The van der Waals surface area contributed by atoms with Gasteiger partial charge in [0.1, 0.15) is 11.2 Å². The highest BCUT2D eigenvalue weighted by Crippen LogP contribution is 2.63. The van der Waals surface area contributed by atoms with Gasteiger partial charge in [-0.1, -0.05) is 182 Å². The minimum absolute atomic E-state index is 0.816. The van der Waals surface area contributed by atoms with Crippen molar-refractivity contribution in [1.29, 1.82) is 0 Å². The van der Waals surface area contributed by atoms with E-state index < -0.39 is 5.41 Å². The fraction of sp³-hybridized carbons (Fsp3) is 0.0685. The lowest BCUT2D eigenvalue weighted by molar-refractivity contribution is 0.669. The summed E-state index contributed by atoms with van der Waals surface area (Å²) in [6.45, 7) is 8.79. The average Bonchev–Trinajstić information content (AvgIpc) is 4.24. The van der Waals surface area contributed by atoms with E-state index in [1.165, 1.54) is 66.4 Å². The molecule has 2 aromatic heterocycles. The summed E-state index contributed by atoms with van der Waals surface area (Å²) >= 11 is 0. The summed E-state index contributed by atoms with van der Waals surface area (Å²) in [5.74, 6) is 0. The van der Waals surface area contributed by atoms with Crippen LogP contribution >= 0.6 is 0 Å². The second-order valence-corrected chi connectivity index (χ2v) is 21.1. The number of fused-ring (bicyclic) bond motifs is 13. The van der Waals surface area contributed by atoms with E-state index in [1.807, 2.05) is 0 Å². The van der Waals surface area contributed by atoms with Crippen LogP contribution in [0.15, 0.2) is 251 Å². The monoisotopic (exact) mass is 988 g/mol. The van der Waals surface area contributed by atoms with Gasteiger partial charge in [0.15, 0.2) is 11.2 Å². The third kappa shape index (κ3) is 6.71. The average molecular weight is 989 g/mol. The zero-order chi connectivity index (χ0) is 51.5. The van der Waals surface area contributed by atoms with Gasteiger partial charge in [-0.25, -0.2) is 0 Å². The van der Waals surface area contributed by atoms with E-state index in [0.717, 1.165) is 88.8 Å². The SMILES string of the molecule is Cc1cc(C)cc(N(c2cc3c(c4ccccc24)-c2c(cc(N(c4cc(C)cc(C)c4)c4cccc5c4oc4ccccc45)c4ccccc24)C3(c2ccccc2)c2ccccc2)c2cccc3c2oc2ccccc23)c1. The van der Waals surface area contributed by atoms with E-state index in [-0.39, 0.29) is 0 Å². The number of aryl methyl sites for hydroxylation is 4. The summed E-state index contributed by atoms with van der Waals surface area (Å²) in [5.41, 5.74) is 20.8. The van der Waals surface area contributed by atoms with Gasteiger partial charge in [0, 0.05) is 43.7 Å². The molecule has 2 heterocycles. The zero-order valence-electron chi connectivity index (χ0n) is 43.3. The molecule has 12 aromatic carbocycles. The van der Waals surface area contributed by atoms with Crippen LogP contribution < -0.4 is 9.80 Å². The number of hydrogen-bond donors (Lipinski definition) is 0. The smallest absolute Gasteiger partial charge is 0.159 e.